The lowest BCUT2D eigenvalue weighted by atomic mass is 10.1. The van der Waals surface area contributed by atoms with Gasteiger partial charge in [0.25, 0.3) is 5.91 Å². The largest absolute Gasteiger partial charge is 0.493 e. The van der Waals surface area contributed by atoms with Crippen molar-refractivity contribution in [1.29, 1.82) is 5.41 Å². The predicted molar refractivity (Wildman–Crippen MR) is 154 cm³/mol. The Bertz CT molecular complexity index is 1310. The Morgan fingerprint density at radius 2 is 1.84 bits per heavy atom. The van der Waals surface area contributed by atoms with Gasteiger partial charge in [0.15, 0.2) is 28.8 Å². The Morgan fingerprint density at radius 3 is 2.58 bits per heavy atom. The number of aliphatic imine (C=N–C) groups is 1. The van der Waals surface area contributed by atoms with E-state index in [1.165, 1.54) is 16.8 Å². The van der Waals surface area contributed by atoms with E-state index in [0.717, 1.165) is 24.3 Å². The molecule has 2 aromatic rings. The molecule has 2 aliphatic rings. The van der Waals surface area contributed by atoms with E-state index in [1.54, 1.807) is 25.3 Å². The molecule has 2 heterocycles. The predicted octanol–water partition coefficient (Wildman–Crippen LogP) is 6.12. The molecule has 11 heteroatoms. The van der Waals surface area contributed by atoms with Crippen LogP contribution in [0.3, 0.4) is 0 Å². The van der Waals surface area contributed by atoms with Crippen molar-refractivity contribution in [2.75, 3.05) is 26.9 Å². The van der Waals surface area contributed by atoms with Crippen LogP contribution in [0.1, 0.15) is 38.7 Å². The molecule has 2 aliphatic heterocycles. The van der Waals surface area contributed by atoms with Crippen molar-refractivity contribution >= 4 is 55.7 Å². The Kier molecular flexibility index (Phi) is 9.46. The second kappa shape index (κ2) is 13.0. The van der Waals surface area contributed by atoms with Crippen LogP contribution < -0.4 is 18.9 Å². The van der Waals surface area contributed by atoms with Crippen LogP contribution in [0.2, 0.25) is 0 Å². The SMILES string of the molecule is CCCCC1=NN2C(=N)C(=Cc3cc(Br)c(OCCOc4ccccc4OC)c(OCC)c3)C(=O)N=C2S1. The summed E-state index contributed by atoms with van der Waals surface area (Å²) in [5, 5.41) is 15.8. The van der Waals surface area contributed by atoms with Crippen LogP contribution in [0.5, 0.6) is 23.0 Å². The summed E-state index contributed by atoms with van der Waals surface area (Å²) in [6, 6.07) is 11.0. The number of rotatable bonds is 12. The molecule has 0 saturated carbocycles. The highest BCUT2D eigenvalue weighted by Crippen LogP contribution is 2.38. The van der Waals surface area contributed by atoms with Crippen molar-refractivity contribution in [2.45, 2.75) is 33.1 Å². The summed E-state index contributed by atoms with van der Waals surface area (Å²) in [7, 11) is 1.59. The van der Waals surface area contributed by atoms with Crippen LogP contribution in [0.25, 0.3) is 6.08 Å². The van der Waals surface area contributed by atoms with E-state index in [2.05, 4.69) is 32.9 Å². The number of fused-ring (bicyclic) bond motifs is 1. The van der Waals surface area contributed by atoms with Crippen molar-refractivity contribution in [1.82, 2.24) is 5.01 Å². The Balaban J connectivity index is 1.50. The highest BCUT2D eigenvalue weighted by Gasteiger charge is 2.35. The topological polar surface area (TPSA) is 106 Å². The van der Waals surface area contributed by atoms with Gasteiger partial charge < -0.3 is 18.9 Å². The lowest BCUT2D eigenvalue weighted by Crippen LogP contribution is -2.35. The van der Waals surface area contributed by atoms with Crippen LogP contribution in [0.15, 0.2) is 56.5 Å². The number of para-hydroxylation sites is 2. The maximum absolute atomic E-state index is 12.8. The first-order chi connectivity index (χ1) is 18.4. The van der Waals surface area contributed by atoms with Crippen LogP contribution in [-0.2, 0) is 4.79 Å². The molecule has 0 atom stereocenters. The zero-order chi connectivity index (χ0) is 27.1. The molecule has 0 aliphatic carbocycles. The first-order valence-corrected chi connectivity index (χ1v) is 13.9. The number of hydrogen-bond acceptors (Lipinski definition) is 8. The number of nitrogens with one attached hydrogen (secondary N) is 1. The number of carbonyl (C=O) groups is 1. The first-order valence-electron chi connectivity index (χ1n) is 12.3. The number of carbonyl (C=O) groups excluding carboxylic acids is 1. The molecule has 0 saturated heterocycles. The molecule has 0 unspecified atom stereocenters. The molecular formula is C27H29BrN4O5S. The van der Waals surface area contributed by atoms with Crippen molar-refractivity contribution in [3.63, 3.8) is 0 Å². The number of halogens is 1. The van der Waals surface area contributed by atoms with E-state index < -0.39 is 5.91 Å². The van der Waals surface area contributed by atoms with Gasteiger partial charge in [0, 0.05) is 0 Å². The molecule has 0 bridgehead atoms. The van der Waals surface area contributed by atoms with E-state index in [1.807, 2.05) is 31.2 Å². The maximum atomic E-state index is 12.8. The molecule has 9 nitrogen and oxygen atoms in total. The summed E-state index contributed by atoms with van der Waals surface area (Å²) < 4.78 is 23.6. The molecule has 2 aromatic carbocycles. The molecular weight excluding hydrogens is 572 g/mol. The van der Waals surface area contributed by atoms with Crippen molar-refractivity contribution in [2.24, 2.45) is 10.1 Å². The highest BCUT2D eigenvalue weighted by atomic mass is 79.9. The number of hydrogen-bond donors (Lipinski definition) is 1. The van der Waals surface area contributed by atoms with Crippen molar-refractivity contribution in [3.05, 3.63) is 52.0 Å². The molecule has 1 amide bonds. The monoisotopic (exact) mass is 600 g/mol. The fraction of sp³-hybridized carbons (Fsp3) is 0.333. The van der Waals surface area contributed by atoms with Crippen LogP contribution in [0.4, 0.5) is 0 Å². The number of amidine groups is 2. The number of methoxy groups -OCH3 is 1. The summed E-state index contributed by atoms with van der Waals surface area (Å²) in [6.45, 7) is 4.97. The average molecular weight is 602 g/mol. The molecule has 0 aromatic heterocycles. The van der Waals surface area contributed by atoms with Gasteiger partial charge in [-0.25, -0.2) is 0 Å². The van der Waals surface area contributed by atoms with Crippen molar-refractivity contribution in [3.8, 4) is 23.0 Å². The van der Waals surface area contributed by atoms with E-state index >= 15 is 0 Å². The first kappa shape index (κ1) is 27.7. The lowest BCUT2D eigenvalue weighted by Gasteiger charge is -2.20. The van der Waals surface area contributed by atoms with Gasteiger partial charge in [-0.3, -0.25) is 10.2 Å². The van der Waals surface area contributed by atoms with Gasteiger partial charge in [-0.15, -0.1) is 0 Å². The third kappa shape index (κ3) is 6.39. The Hall–Kier alpha value is -3.31. The minimum absolute atomic E-state index is 0.00176. The quantitative estimate of drug-likeness (QED) is 0.231. The number of benzene rings is 2. The van der Waals surface area contributed by atoms with Crippen LogP contribution in [0, 0.1) is 5.41 Å². The van der Waals surface area contributed by atoms with Gasteiger partial charge >= 0.3 is 0 Å². The zero-order valence-corrected chi connectivity index (χ0v) is 23.9. The molecule has 200 valence electrons. The van der Waals surface area contributed by atoms with E-state index in [4.69, 9.17) is 24.4 Å². The van der Waals surface area contributed by atoms with Gasteiger partial charge in [-0.1, -0.05) is 25.5 Å². The molecule has 0 spiro atoms. The third-order valence-electron chi connectivity index (χ3n) is 5.54. The summed E-state index contributed by atoms with van der Waals surface area (Å²) in [6.07, 6.45) is 4.45. The molecule has 38 heavy (non-hydrogen) atoms. The second-order valence-corrected chi connectivity index (χ2v) is 10.1. The van der Waals surface area contributed by atoms with Gasteiger partial charge in [-0.2, -0.15) is 15.1 Å². The van der Waals surface area contributed by atoms with Crippen LogP contribution >= 0.6 is 27.7 Å². The van der Waals surface area contributed by atoms with E-state index in [-0.39, 0.29) is 18.0 Å². The average Bonchev–Trinajstić information content (AvgIpc) is 3.32. The number of amides is 1. The standard InChI is InChI=1S/C27H29BrN4O5S/c1-4-6-11-23-31-32-25(29)18(26(33)30-27(32)38-23)14-17-15-19(28)24(22(16-17)35-5-2)37-13-12-36-21-10-8-7-9-20(21)34-3/h7-10,14-16,29H,4-6,11-13H2,1-3H3. The van der Waals surface area contributed by atoms with Gasteiger partial charge in [-0.05, 0) is 83.4 Å². The molecule has 1 N–H and O–H groups in total. The number of unbranched alkanes of at least 4 members (excludes halogenated alkanes) is 1. The zero-order valence-electron chi connectivity index (χ0n) is 21.5. The summed E-state index contributed by atoms with van der Waals surface area (Å²) >= 11 is 4.91. The molecule has 0 radical (unpaired) electrons. The van der Waals surface area contributed by atoms with E-state index in [9.17, 15) is 4.79 Å². The fourth-order valence-corrected chi connectivity index (χ4v) is 5.24. The lowest BCUT2D eigenvalue weighted by molar-refractivity contribution is -0.114. The van der Waals surface area contributed by atoms with E-state index in [0.29, 0.717) is 51.4 Å². The van der Waals surface area contributed by atoms with Crippen molar-refractivity contribution < 1.29 is 23.7 Å². The maximum Gasteiger partial charge on any atom is 0.283 e. The minimum atomic E-state index is -0.469. The highest BCUT2D eigenvalue weighted by molar-refractivity contribution is 9.10. The number of ether oxygens (including phenoxy) is 4. The summed E-state index contributed by atoms with van der Waals surface area (Å²) in [5.41, 5.74) is 0.815. The fourth-order valence-electron chi connectivity index (χ4n) is 3.74. The Labute approximate surface area is 234 Å². The molecule has 4 rings (SSSR count). The number of nitrogens with zero attached hydrogens (tertiary/aromatic N) is 3. The second-order valence-electron chi connectivity index (χ2n) is 8.23. The number of hydrazone groups is 1. The Morgan fingerprint density at radius 1 is 1.08 bits per heavy atom. The number of thioether (sulfide) groups is 1. The third-order valence-corrected chi connectivity index (χ3v) is 7.10. The molecule has 0 fully saturated rings. The normalized spacial score (nSPS) is 15.8. The van der Waals surface area contributed by atoms with Crippen LogP contribution in [-0.4, -0.2) is 53.9 Å². The van der Waals surface area contributed by atoms with Gasteiger partial charge in [0.2, 0.25) is 5.17 Å². The van der Waals surface area contributed by atoms with Gasteiger partial charge in [0.1, 0.15) is 18.3 Å². The smallest absolute Gasteiger partial charge is 0.283 e. The minimum Gasteiger partial charge on any atom is -0.493 e. The van der Waals surface area contributed by atoms with Gasteiger partial charge in [0.05, 0.1) is 23.8 Å². The summed E-state index contributed by atoms with van der Waals surface area (Å²) in [5.74, 6) is 1.83. The summed E-state index contributed by atoms with van der Waals surface area (Å²) in [4.78, 5) is 17.0.